The molecule has 34 heavy (non-hydrogen) atoms. The number of benzene rings is 3. The van der Waals surface area contributed by atoms with Gasteiger partial charge in [0.1, 0.15) is 5.82 Å². The van der Waals surface area contributed by atoms with Crippen LogP contribution in [0.3, 0.4) is 0 Å². The number of carboxylic acid groups (broad SMARTS) is 1. The van der Waals surface area contributed by atoms with Crippen LogP contribution in [0, 0.1) is 5.82 Å². The Kier molecular flexibility index (Phi) is 6.95. The van der Waals surface area contributed by atoms with E-state index in [-0.39, 0.29) is 12.2 Å². The van der Waals surface area contributed by atoms with Crippen LogP contribution in [0.25, 0.3) is 11.3 Å². The van der Waals surface area contributed by atoms with Crippen LogP contribution in [0.5, 0.6) is 0 Å². The molecule has 0 aromatic heterocycles. The first-order chi connectivity index (χ1) is 16.3. The lowest BCUT2D eigenvalue weighted by atomic mass is 9.98. The van der Waals surface area contributed by atoms with Gasteiger partial charge < -0.3 is 25.7 Å². The Morgan fingerprint density at radius 1 is 1.03 bits per heavy atom. The number of carbonyl (C=O) groups is 1. The van der Waals surface area contributed by atoms with Crippen molar-refractivity contribution in [1.82, 2.24) is 4.90 Å². The zero-order valence-electron chi connectivity index (χ0n) is 19.2. The minimum atomic E-state index is -1.01. The molecule has 0 amide bonds. The van der Waals surface area contributed by atoms with Crippen LogP contribution in [0.4, 0.5) is 15.8 Å². The number of aliphatic hydroxyl groups is 1. The molecule has 1 unspecified atom stereocenters. The smallest absolute Gasteiger partial charge is 0.303 e. The van der Waals surface area contributed by atoms with Crippen LogP contribution >= 0.6 is 0 Å². The highest BCUT2D eigenvalue weighted by Crippen LogP contribution is 2.40. The van der Waals surface area contributed by atoms with Crippen LogP contribution in [0.1, 0.15) is 28.7 Å². The first-order valence-electron chi connectivity index (χ1n) is 11.1. The van der Waals surface area contributed by atoms with E-state index in [0.717, 1.165) is 28.9 Å². The van der Waals surface area contributed by atoms with Gasteiger partial charge in [-0.2, -0.15) is 0 Å². The lowest BCUT2D eigenvalue weighted by Gasteiger charge is -2.18. The SMILES string of the molecule is CN(C)Cc1ccc(N/C(=C2/c3ccc(F)cc3NC2O)c2ccc(CCC(=O)O)cc2)cc1. The normalized spacial score (nSPS) is 16.2. The molecule has 0 bridgehead atoms. The third kappa shape index (κ3) is 5.44. The van der Waals surface area contributed by atoms with Gasteiger partial charge in [0.2, 0.25) is 0 Å². The molecule has 0 aliphatic carbocycles. The number of nitrogens with one attached hydrogen (secondary N) is 2. The van der Waals surface area contributed by atoms with E-state index in [1.807, 2.05) is 62.6 Å². The molecule has 1 heterocycles. The van der Waals surface area contributed by atoms with Crippen molar-refractivity contribution in [3.8, 4) is 0 Å². The summed E-state index contributed by atoms with van der Waals surface area (Å²) in [7, 11) is 4.03. The van der Waals surface area contributed by atoms with Crippen molar-refractivity contribution in [2.24, 2.45) is 0 Å². The quantitative estimate of drug-likeness (QED) is 0.392. The topological polar surface area (TPSA) is 84.8 Å². The second-order valence-electron chi connectivity index (χ2n) is 8.68. The number of carboxylic acids is 1. The monoisotopic (exact) mass is 461 g/mol. The van der Waals surface area contributed by atoms with E-state index >= 15 is 0 Å². The standard InChI is InChI=1S/C27H28FN3O3/c1-31(2)16-18-5-11-21(12-6-18)29-26(19-8-3-17(4-9-19)7-14-24(32)33)25-22-13-10-20(28)15-23(22)30-27(25)34/h3-6,8-13,15,27,29-30,34H,7,14,16H2,1-2H3,(H,32,33)/b26-25-. The van der Waals surface area contributed by atoms with E-state index in [9.17, 15) is 14.3 Å². The first-order valence-corrected chi connectivity index (χ1v) is 11.1. The van der Waals surface area contributed by atoms with Gasteiger partial charge in [0.05, 0.1) is 5.70 Å². The number of aliphatic hydroxyl groups excluding tert-OH is 1. The first kappa shape index (κ1) is 23.5. The number of aliphatic carboxylic acids is 1. The Morgan fingerprint density at radius 3 is 2.35 bits per heavy atom. The van der Waals surface area contributed by atoms with Gasteiger partial charge in [-0.1, -0.05) is 36.4 Å². The van der Waals surface area contributed by atoms with Gasteiger partial charge in [-0.15, -0.1) is 0 Å². The summed E-state index contributed by atoms with van der Waals surface area (Å²) in [5.74, 6) is -1.22. The number of halogens is 1. The van der Waals surface area contributed by atoms with Crippen LogP contribution in [-0.4, -0.2) is 41.4 Å². The number of nitrogens with zero attached hydrogens (tertiary/aromatic N) is 1. The summed E-state index contributed by atoms with van der Waals surface area (Å²) in [6.45, 7) is 0.827. The molecule has 6 nitrogen and oxygen atoms in total. The highest BCUT2D eigenvalue weighted by molar-refractivity contribution is 6.03. The number of rotatable bonds is 8. The van der Waals surface area contributed by atoms with Gasteiger partial charge in [-0.25, -0.2) is 4.39 Å². The third-order valence-electron chi connectivity index (χ3n) is 5.70. The van der Waals surface area contributed by atoms with E-state index in [2.05, 4.69) is 15.5 Å². The average molecular weight is 462 g/mol. The van der Waals surface area contributed by atoms with Gasteiger partial charge in [0.15, 0.2) is 6.23 Å². The summed E-state index contributed by atoms with van der Waals surface area (Å²) in [4.78, 5) is 13.0. The molecule has 0 saturated heterocycles. The van der Waals surface area contributed by atoms with Crippen molar-refractivity contribution in [2.45, 2.75) is 25.6 Å². The van der Waals surface area contributed by atoms with Gasteiger partial charge in [0, 0.05) is 35.5 Å². The Balaban J connectivity index is 1.73. The minimum Gasteiger partial charge on any atom is -0.481 e. The summed E-state index contributed by atoms with van der Waals surface area (Å²) < 4.78 is 13.8. The highest BCUT2D eigenvalue weighted by Gasteiger charge is 2.29. The predicted octanol–water partition coefficient (Wildman–Crippen LogP) is 4.63. The highest BCUT2D eigenvalue weighted by atomic mass is 19.1. The van der Waals surface area contributed by atoms with E-state index in [1.54, 1.807) is 6.07 Å². The maximum absolute atomic E-state index is 13.8. The zero-order valence-corrected chi connectivity index (χ0v) is 19.2. The van der Waals surface area contributed by atoms with E-state index in [4.69, 9.17) is 5.11 Å². The van der Waals surface area contributed by atoms with Gasteiger partial charge >= 0.3 is 5.97 Å². The second-order valence-corrected chi connectivity index (χ2v) is 8.68. The minimum absolute atomic E-state index is 0.0619. The zero-order chi connectivity index (χ0) is 24.2. The second kappa shape index (κ2) is 10.1. The number of hydrogen-bond acceptors (Lipinski definition) is 5. The Labute approximate surface area is 198 Å². The molecule has 0 saturated carbocycles. The maximum atomic E-state index is 13.8. The molecular formula is C27H28FN3O3. The molecule has 4 N–H and O–H groups in total. The van der Waals surface area contributed by atoms with Crippen molar-refractivity contribution in [3.63, 3.8) is 0 Å². The molecule has 1 aliphatic rings. The van der Waals surface area contributed by atoms with Crippen LogP contribution in [-0.2, 0) is 17.8 Å². The number of aryl methyl sites for hydroxylation is 1. The Hall–Kier alpha value is -3.68. The van der Waals surface area contributed by atoms with Crippen LogP contribution in [0.15, 0.2) is 66.7 Å². The predicted molar refractivity (Wildman–Crippen MR) is 133 cm³/mol. The van der Waals surface area contributed by atoms with Crippen molar-refractivity contribution in [2.75, 3.05) is 24.7 Å². The Morgan fingerprint density at radius 2 is 1.71 bits per heavy atom. The summed E-state index contributed by atoms with van der Waals surface area (Å²) in [5.41, 5.74) is 6.32. The average Bonchev–Trinajstić information content (AvgIpc) is 3.11. The van der Waals surface area contributed by atoms with E-state index < -0.39 is 12.2 Å². The van der Waals surface area contributed by atoms with Crippen molar-refractivity contribution in [3.05, 3.63) is 94.8 Å². The maximum Gasteiger partial charge on any atom is 0.303 e. The fourth-order valence-electron chi connectivity index (χ4n) is 4.10. The molecule has 4 rings (SSSR count). The number of hydrogen-bond donors (Lipinski definition) is 4. The summed E-state index contributed by atoms with van der Waals surface area (Å²) >= 11 is 0. The van der Waals surface area contributed by atoms with Crippen molar-refractivity contribution in [1.29, 1.82) is 0 Å². The molecule has 3 aromatic rings. The largest absolute Gasteiger partial charge is 0.481 e. The molecule has 1 aliphatic heterocycles. The lowest BCUT2D eigenvalue weighted by molar-refractivity contribution is -0.136. The third-order valence-corrected chi connectivity index (χ3v) is 5.70. The number of anilines is 2. The molecule has 3 aromatic carbocycles. The Bertz CT molecular complexity index is 1200. The molecule has 0 radical (unpaired) electrons. The summed E-state index contributed by atoms with van der Waals surface area (Å²) in [6, 6.07) is 20.1. The van der Waals surface area contributed by atoms with E-state index in [0.29, 0.717) is 23.4 Å². The number of fused-ring (bicyclic) bond motifs is 1. The molecule has 0 spiro atoms. The van der Waals surface area contributed by atoms with Crippen LogP contribution < -0.4 is 10.6 Å². The van der Waals surface area contributed by atoms with Gasteiger partial charge in [-0.3, -0.25) is 4.79 Å². The fraction of sp³-hybridized carbons (Fsp3) is 0.222. The molecule has 7 heteroatoms. The molecular weight excluding hydrogens is 433 g/mol. The van der Waals surface area contributed by atoms with Gasteiger partial charge in [0.25, 0.3) is 0 Å². The van der Waals surface area contributed by atoms with E-state index in [1.165, 1.54) is 17.7 Å². The van der Waals surface area contributed by atoms with Crippen LogP contribution in [0.2, 0.25) is 0 Å². The summed E-state index contributed by atoms with van der Waals surface area (Å²) in [6.07, 6.45) is -0.514. The van der Waals surface area contributed by atoms with Gasteiger partial charge in [-0.05, 0) is 67.5 Å². The lowest BCUT2D eigenvalue weighted by Crippen LogP contribution is -2.16. The molecule has 0 fully saturated rings. The fourth-order valence-corrected chi connectivity index (χ4v) is 4.10. The molecule has 1 atom stereocenters. The molecule has 176 valence electrons. The van der Waals surface area contributed by atoms with Crippen molar-refractivity contribution < 1.29 is 19.4 Å². The van der Waals surface area contributed by atoms with Crippen molar-refractivity contribution >= 4 is 28.6 Å². The summed E-state index contributed by atoms with van der Waals surface area (Å²) in [5, 5.41) is 26.2.